The van der Waals surface area contributed by atoms with Crippen molar-refractivity contribution in [2.75, 3.05) is 5.32 Å². The Kier molecular flexibility index (Phi) is 6.64. The van der Waals surface area contributed by atoms with Gasteiger partial charge in [0, 0.05) is 36.4 Å². The molecular formula is C26H35N5O. The third-order valence-corrected chi connectivity index (χ3v) is 6.86. The number of carbonyl (C=O) groups is 1. The molecule has 6 nitrogen and oxygen atoms in total. The van der Waals surface area contributed by atoms with Gasteiger partial charge in [-0.3, -0.25) is 4.79 Å². The lowest BCUT2D eigenvalue weighted by molar-refractivity contribution is -0.116. The zero-order valence-electron chi connectivity index (χ0n) is 19.8. The summed E-state index contributed by atoms with van der Waals surface area (Å²) in [6.45, 7) is 8.61. The Labute approximate surface area is 191 Å². The van der Waals surface area contributed by atoms with Crippen molar-refractivity contribution in [3.8, 4) is 6.07 Å². The SMILES string of the molecule is Cc1ccc(NC(=O)C[C@@H](CC#N)c2nnc([C@H]3C[C@@H](CC(C)C)C3)n2C2CC2)c(C)c1. The Bertz CT molecular complexity index is 1010. The summed E-state index contributed by atoms with van der Waals surface area (Å²) in [6, 6.07) is 8.70. The van der Waals surface area contributed by atoms with Crippen molar-refractivity contribution < 1.29 is 4.79 Å². The Morgan fingerprint density at radius 3 is 2.62 bits per heavy atom. The summed E-state index contributed by atoms with van der Waals surface area (Å²) >= 11 is 0. The van der Waals surface area contributed by atoms with Crippen LogP contribution in [0.15, 0.2) is 18.2 Å². The van der Waals surface area contributed by atoms with Gasteiger partial charge in [0.1, 0.15) is 11.6 Å². The number of carbonyl (C=O) groups excluding carboxylic acids is 1. The highest BCUT2D eigenvalue weighted by atomic mass is 16.1. The molecule has 4 rings (SSSR count). The van der Waals surface area contributed by atoms with Gasteiger partial charge in [-0.15, -0.1) is 10.2 Å². The molecule has 170 valence electrons. The zero-order chi connectivity index (χ0) is 22.8. The minimum absolute atomic E-state index is 0.0789. The standard InChI is InChI=1S/C26H35N5O/c1-16(2)11-19-13-21(14-19)26-30-29-25(31(26)22-6-7-22)20(9-10-27)15-24(32)28-23-8-5-17(3)12-18(23)4/h5,8,12,16,19-22H,6-7,9,11,13-15H2,1-4H3,(H,28,32)/t19-,20-,21+/m1/s1. The molecule has 0 unspecified atom stereocenters. The van der Waals surface area contributed by atoms with Crippen LogP contribution in [0.1, 0.15) is 99.4 Å². The summed E-state index contributed by atoms with van der Waals surface area (Å²) in [5, 5.41) is 21.7. The van der Waals surface area contributed by atoms with Crippen molar-refractivity contribution in [2.24, 2.45) is 11.8 Å². The largest absolute Gasteiger partial charge is 0.326 e. The average Bonchev–Trinajstić information content (AvgIpc) is 3.45. The van der Waals surface area contributed by atoms with E-state index in [1.54, 1.807) is 0 Å². The Balaban J connectivity index is 1.49. The number of nitrogens with one attached hydrogen (secondary N) is 1. The lowest BCUT2D eigenvalue weighted by Crippen LogP contribution is -2.26. The third kappa shape index (κ3) is 5.03. The van der Waals surface area contributed by atoms with Gasteiger partial charge >= 0.3 is 0 Å². The number of nitrogens with zero attached hydrogens (tertiary/aromatic N) is 4. The monoisotopic (exact) mass is 433 g/mol. The number of aromatic nitrogens is 3. The van der Waals surface area contributed by atoms with Crippen molar-refractivity contribution >= 4 is 11.6 Å². The van der Waals surface area contributed by atoms with Crippen LogP contribution in [0.5, 0.6) is 0 Å². The number of benzene rings is 1. The maximum atomic E-state index is 12.9. The molecule has 1 N–H and O–H groups in total. The van der Waals surface area contributed by atoms with Crippen LogP contribution in [0, 0.1) is 37.0 Å². The molecule has 1 amide bonds. The van der Waals surface area contributed by atoms with Crippen molar-refractivity contribution in [2.45, 2.75) is 90.5 Å². The van der Waals surface area contributed by atoms with E-state index in [-0.39, 0.29) is 24.7 Å². The van der Waals surface area contributed by atoms with E-state index in [2.05, 4.69) is 46.1 Å². The smallest absolute Gasteiger partial charge is 0.225 e. The summed E-state index contributed by atoms with van der Waals surface area (Å²) in [7, 11) is 0. The number of hydrogen-bond acceptors (Lipinski definition) is 4. The van der Waals surface area contributed by atoms with E-state index in [1.807, 2.05) is 26.0 Å². The van der Waals surface area contributed by atoms with Gasteiger partial charge in [0.25, 0.3) is 0 Å². The minimum Gasteiger partial charge on any atom is -0.326 e. The molecule has 1 heterocycles. The molecule has 2 fully saturated rings. The molecule has 1 atom stereocenters. The number of anilines is 1. The molecule has 2 aliphatic carbocycles. The topological polar surface area (TPSA) is 83.6 Å². The predicted octanol–water partition coefficient (Wildman–Crippen LogP) is 5.80. The second-order valence-electron chi connectivity index (χ2n) is 10.3. The highest BCUT2D eigenvalue weighted by molar-refractivity contribution is 5.92. The van der Waals surface area contributed by atoms with Crippen LogP contribution >= 0.6 is 0 Å². The van der Waals surface area contributed by atoms with Gasteiger partial charge in [0.2, 0.25) is 5.91 Å². The quantitative estimate of drug-likeness (QED) is 0.542. The van der Waals surface area contributed by atoms with Gasteiger partial charge in [-0.2, -0.15) is 5.26 Å². The fourth-order valence-corrected chi connectivity index (χ4v) is 5.13. The van der Waals surface area contributed by atoms with Gasteiger partial charge in [-0.05, 0) is 69.4 Å². The zero-order valence-corrected chi connectivity index (χ0v) is 19.8. The minimum atomic E-state index is -0.237. The summed E-state index contributed by atoms with van der Waals surface area (Å²) in [5.74, 6) is 3.57. The molecule has 2 aromatic rings. The first-order chi connectivity index (χ1) is 15.4. The second-order valence-corrected chi connectivity index (χ2v) is 10.3. The number of aryl methyl sites for hydroxylation is 2. The van der Waals surface area contributed by atoms with Crippen LogP contribution in [-0.2, 0) is 4.79 Å². The van der Waals surface area contributed by atoms with Crippen LogP contribution in [0.25, 0.3) is 0 Å². The molecule has 1 aromatic carbocycles. The molecule has 0 radical (unpaired) electrons. The maximum absolute atomic E-state index is 12.9. The summed E-state index contributed by atoms with van der Waals surface area (Å²) < 4.78 is 2.29. The normalized spacial score (nSPS) is 21.1. The van der Waals surface area contributed by atoms with Crippen LogP contribution in [-0.4, -0.2) is 20.7 Å². The lowest BCUT2D eigenvalue weighted by Gasteiger charge is -2.36. The molecule has 2 saturated carbocycles. The van der Waals surface area contributed by atoms with Crippen molar-refractivity contribution in [3.05, 3.63) is 41.0 Å². The number of nitriles is 1. The molecule has 0 saturated heterocycles. The first-order valence-electron chi connectivity index (χ1n) is 12.0. The predicted molar refractivity (Wildman–Crippen MR) is 125 cm³/mol. The van der Waals surface area contributed by atoms with E-state index >= 15 is 0 Å². The molecule has 0 aliphatic heterocycles. The molecule has 2 aliphatic rings. The van der Waals surface area contributed by atoms with E-state index in [1.165, 1.54) is 24.8 Å². The van der Waals surface area contributed by atoms with Crippen molar-refractivity contribution in [3.63, 3.8) is 0 Å². The first kappa shape index (κ1) is 22.5. The Morgan fingerprint density at radius 1 is 1.25 bits per heavy atom. The van der Waals surface area contributed by atoms with Crippen LogP contribution in [0.4, 0.5) is 5.69 Å². The number of rotatable bonds is 9. The van der Waals surface area contributed by atoms with Gasteiger partial charge in [0.15, 0.2) is 0 Å². The Hall–Kier alpha value is -2.68. The van der Waals surface area contributed by atoms with Crippen LogP contribution in [0.2, 0.25) is 0 Å². The van der Waals surface area contributed by atoms with E-state index in [0.717, 1.165) is 47.6 Å². The maximum Gasteiger partial charge on any atom is 0.225 e. The fraction of sp³-hybridized carbons (Fsp3) is 0.615. The van der Waals surface area contributed by atoms with Crippen LogP contribution < -0.4 is 5.32 Å². The molecule has 6 heteroatoms. The molecule has 1 aromatic heterocycles. The Morgan fingerprint density at radius 2 is 2.00 bits per heavy atom. The first-order valence-corrected chi connectivity index (χ1v) is 12.0. The number of amides is 1. The third-order valence-electron chi connectivity index (χ3n) is 6.86. The molecule has 32 heavy (non-hydrogen) atoms. The van der Waals surface area contributed by atoms with Crippen molar-refractivity contribution in [1.29, 1.82) is 5.26 Å². The molecule has 0 bridgehead atoms. The highest BCUT2D eigenvalue weighted by Crippen LogP contribution is 2.48. The average molecular weight is 434 g/mol. The number of hydrogen-bond donors (Lipinski definition) is 1. The van der Waals surface area contributed by atoms with E-state index < -0.39 is 0 Å². The summed E-state index contributed by atoms with van der Waals surface area (Å²) in [4.78, 5) is 12.9. The van der Waals surface area contributed by atoms with Gasteiger partial charge in [0.05, 0.1) is 6.07 Å². The molecular weight excluding hydrogens is 398 g/mol. The van der Waals surface area contributed by atoms with Gasteiger partial charge < -0.3 is 9.88 Å². The lowest BCUT2D eigenvalue weighted by atomic mass is 9.71. The van der Waals surface area contributed by atoms with E-state index in [0.29, 0.717) is 12.0 Å². The molecule has 0 spiro atoms. The fourth-order valence-electron chi connectivity index (χ4n) is 5.13. The summed E-state index contributed by atoms with van der Waals surface area (Å²) in [6.07, 6.45) is 6.41. The van der Waals surface area contributed by atoms with E-state index in [9.17, 15) is 10.1 Å². The summed E-state index contributed by atoms with van der Waals surface area (Å²) in [5.41, 5.74) is 3.03. The second kappa shape index (κ2) is 9.44. The highest BCUT2D eigenvalue weighted by Gasteiger charge is 2.39. The van der Waals surface area contributed by atoms with Crippen LogP contribution in [0.3, 0.4) is 0 Å². The van der Waals surface area contributed by atoms with Gasteiger partial charge in [-0.1, -0.05) is 31.5 Å². The van der Waals surface area contributed by atoms with Crippen molar-refractivity contribution in [1.82, 2.24) is 14.8 Å². The van der Waals surface area contributed by atoms with E-state index in [4.69, 9.17) is 0 Å². The van der Waals surface area contributed by atoms with Gasteiger partial charge in [-0.25, -0.2) is 0 Å².